The summed E-state index contributed by atoms with van der Waals surface area (Å²) in [7, 11) is 3.74. The van der Waals surface area contributed by atoms with Crippen LogP contribution in [0.4, 0.5) is 4.39 Å². The number of rotatable bonds is 7. The molecule has 2 aliphatic rings. The van der Waals surface area contributed by atoms with E-state index < -0.39 is 12.1 Å². The van der Waals surface area contributed by atoms with Crippen LogP contribution in [0.15, 0.2) is 60.9 Å². The predicted molar refractivity (Wildman–Crippen MR) is 163 cm³/mol. The van der Waals surface area contributed by atoms with Crippen LogP contribution in [0, 0.1) is 0 Å². The molecule has 43 heavy (non-hydrogen) atoms. The van der Waals surface area contributed by atoms with Crippen molar-refractivity contribution in [2.24, 2.45) is 0 Å². The molecule has 6 rings (SSSR count). The molecule has 1 N–H and O–H groups in total. The number of carboxylic acid groups (broad SMARTS) is 1. The van der Waals surface area contributed by atoms with Crippen molar-refractivity contribution in [3.63, 3.8) is 0 Å². The van der Waals surface area contributed by atoms with Crippen molar-refractivity contribution in [3.05, 3.63) is 83.2 Å². The maximum absolute atomic E-state index is 15.7. The van der Waals surface area contributed by atoms with E-state index in [0.29, 0.717) is 38.4 Å². The first kappa shape index (κ1) is 28.9. The van der Waals surface area contributed by atoms with Crippen LogP contribution in [0.25, 0.3) is 22.2 Å². The molecule has 2 atom stereocenters. The number of carbonyl (C=O) groups excluding carboxylic acids is 1. The number of hydrogen-bond acceptors (Lipinski definition) is 5. The molecule has 1 aliphatic carbocycles. The van der Waals surface area contributed by atoms with E-state index in [4.69, 9.17) is 4.74 Å². The Balaban J connectivity index is 1.53. The largest absolute Gasteiger partial charge is 0.489 e. The Kier molecular flexibility index (Phi) is 8.17. The van der Waals surface area contributed by atoms with Gasteiger partial charge >= 0.3 is 5.97 Å². The molecule has 224 valence electrons. The van der Waals surface area contributed by atoms with Crippen LogP contribution in [-0.4, -0.2) is 69.7 Å². The third-order valence-corrected chi connectivity index (χ3v) is 8.65. The third-order valence-electron chi connectivity index (χ3n) is 8.65. The molecule has 1 amide bonds. The van der Waals surface area contributed by atoms with Gasteiger partial charge in [-0.1, -0.05) is 18.9 Å². The molecular formula is C34H37FN4O4. The first-order valence-corrected chi connectivity index (χ1v) is 14.9. The van der Waals surface area contributed by atoms with E-state index >= 15 is 4.39 Å². The number of carbonyl (C=O) groups is 2. The van der Waals surface area contributed by atoms with Gasteiger partial charge in [0, 0.05) is 54.4 Å². The quantitative estimate of drug-likeness (QED) is 0.292. The summed E-state index contributed by atoms with van der Waals surface area (Å²) in [5.41, 5.74) is 5.62. The van der Waals surface area contributed by atoms with E-state index in [1.807, 2.05) is 60.3 Å². The predicted octanol–water partition coefficient (Wildman–Crippen LogP) is 5.88. The monoisotopic (exact) mass is 584 g/mol. The minimum absolute atomic E-state index is 0.00141. The highest BCUT2D eigenvalue weighted by atomic mass is 19.1. The lowest BCUT2D eigenvalue weighted by molar-refractivity contribution is -0.132. The van der Waals surface area contributed by atoms with Gasteiger partial charge in [-0.15, -0.1) is 0 Å². The van der Waals surface area contributed by atoms with E-state index in [0.717, 1.165) is 58.1 Å². The molecule has 0 spiro atoms. The molecule has 4 aromatic rings. The number of alkyl halides is 1. The molecule has 3 heterocycles. The van der Waals surface area contributed by atoms with E-state index in [1.54, 1.807) is 24.5 Å². The molecule has 2 aromatic heterocycles. The van der Waals surface area contributed by atoms with Gasteiger partial charge < -0.3 is 24.2 Å². The molecule has 0 radical (unpaired) electrons. The Morgan fingerprint density at radius 2 is 1.84 bits per heavy atom. The van der Waals surface area contributed by atoms with Gasteiger partial charge in [-0.3, -0.25) is 9.78 Å². The summed E-state index contributed by atoms with van der Waals surface area (Å²) in [6.45, 7) is 1.94. The van der Waals surface area contributed by atoms with Crippen LogP contribution >= 0.6 is 0 Å². The van der Waals surface area contributed by atoms with Gasteiger partial charge in [0.05, 0.1) is 17.8 Å². The first-order valence-electron chi connectivity index (χ1n) is 14.9. The highest BCUT2D eigenvalue weighted by molar-refractivity contribution is 5.98. The Morgan fingerprint density at radius 1 is 1.05 bits per heavy atom. The summed E-state index contributed by atoms with van der Waals surface area (Å²) in [5, 5.41) is 10.7. The normalized spacial score (nSPS) is 18.6. The molecule has 2 aromatic carbocycles. The zero-order chi connectivity index (χ0) is 30.1. The number of amides is 1. The molecule has 0 saturated heterocycles. The summed E-state index contributed by atoms with van der Waals surface area (Å²) in [5.74, 6) is -0.620. The third kappa shape index (κ3) is 5.86. The van der Waals surface area contributed by atoms with Gasteiger partial charge in [0.25, 0.3) is 0 Å². The lowest BCUT2D eigenvalue weighted by atomic mass is 9.80. The van der Waals surface area contributed by atoms with Crippen LogP contribution in [0.1, 0.15) is 58.6 Å². The first-order chi connectivity index (χ1) is 20.8. The smallest absolute Gasteiger partial charge is 0.335 e. The van der Waals surface area contributed by atoms with Crippen molar-refractivity contribution in [2.45, 2.75) is 57.5 Å². The second-order valence-corrected chi connectivity index (χ2v) is 11.9. The van der Waals surface area contributed by atoms with Crippen molar-refractivity contribution in [1.82, 2.24) is 19.4 Å². The molecule has 1 aliphatic heterocycles. The summed E-state index contributed by atoms with van der Waals surface area (Å²) < 4.78 is 24.0. The van der Waals surface area contributed by atoms with Crippen LogP contribution < -0.4 is 4.74 Å². The number of likely N-dealkylation sites (N-methyl/N-ethyl adjacent to an activating group) is 1. The number of fused-ring (bicyclic) bond motifs is 5. The van der Waals surface area contributed by atoms with E-state index in [1.165, 1.54) is 0 Å². The zero-order valence-corrected chi connectivity index (χ0v) is 24.6. The van der Waals surface area contributed by atoms with Crippen molar-refractivity contribution < 1.29 is 23.8 Å². The Bertz CT molecular complexity index is 1650. The number of ether oxygens (including phenoxy) is 1. The van der Waals surface area contributed by atoms with Crippen LogP contribution in [0.3, 0.4) is 0 Å². The van der Waals surface area contributed by atoms with Crippen molar-refractivity contribution in [1.29, 1.82) is 0 Å². The minimum atomic E-state index is -1.01. The Hall–Kier alpha value is -4.24. The number of benzene rings is 2. The number of carboxylic acids is 1. The van der Waals surface area contributed by atoms with Crippen LogP contribution in [-0.2, 0) is 24.5 Å². The van der Waals surface area contributed by atoms with Crippen LogP contribution in [0.2, 0.25) is 0 Å². The van der Waals surface area contributed by atoms with Gasteiger partial charge in [0.1, 0.15) is 18.5 Å². The number of hydrogen-bond donors (Lipinski definition) is 1. The maximum Gasteiger partial charge on any atom is 0.335 e. The van der Waals surface area contributed by atoms with Gasteiger partial charge in [0.2, 0.25) is 5.91 Å². The van der Waals surface area contributed by atoms with Gasteiger partial charge in [-0.05, 0) is 86.1 Å². The fourth-order valence-electron chi connectivity index (χ4n) is 6.57. The SMILES string of the molecule is CN(C)CC(=O)N1CCn2c(c([C@@H]3CCCC[C@H]3F)c3ccc(C(=O)O)cc32)-c2ccc(OCc3ccncc3)cc2C1. The molecule has 1 fully saturated rings. The Labute approximate surface area is 250 Å². The average molecular weight is 585 g/mol. The maximum atomic E-state index is 15.7. The molecular weight excluding hydrogens is 547 g/mol. The van der Waals surface area contributed by atoms with Crippen molar-refractivity contribution in [2.75, 3.05) is 27.2 Å². The molecule has 1 saturated carbocycles. The zero-order valence-electron chi connectivity index (χ0n) is 24.6. The molecule has 0 bridgehead atoms. The number of aromatic carboxylic acids is 1. The fourth-order valence-corrected chi connectivity index (χ4v) is 6.57. The fraction of sp³-hybridized carbons (Fsp3) is 0.382. The summed E-state index contributed by atoms with van der Waals surface area (Å²) in [6, 6.07) is 14.9. The van der Waals surface area contributed by atoms with Gasteiger partial charge in [0.15, 0.2) is 0 Å². The highest BCUT2D eigenvalue weighted by Gasteiger charge is 2.34. The standard InChI is InChI=1S/C34H37FN4O4/c1-37(2)20-31(40)38-15-16-39-30-18-23(34(41)42)7-9-28(30)32(27-5-3-4-6-29(27)35)33(39)26-10-8-25(17-24(26)19-38)43-21-22-11-13-36-14-12-22/h7-14,17-18,27,29H,3-6,15-16,19-21H2,1-2H3,(H,41,42)/t27-,29-/m1/s1. The van der Waals surface area contributed by atoms with Crippen LogP contribution in [0.5, 0.6) is 5.75 Å². The summed E-state index contributed by atoms with van der Waals surface area (Å²) >= 11 is 0. The topological polar surface area (TPSA) is 87.9 Å². The lowest BCUT2D eigenvalue weighted by Gasteiger charge is -2.31. The Morgan fingerprint density at radius 3 is 2.58 bits per heavy atom. The lowest BCUT2D eigenvalue weighted by Crippen LogP contribution is -2.40. The second kappa shape index (κ2) is 12.2. The van der Waals surface area contributed by atoms with Crippen molar-refractivity contribution >= 4 is 22.8 Å². The minimum Gasteiger partial charge on any atom is -0.489 e. The summed E-state index contributed by atoms with van der Waals surface area (Å²) in [6.07, 6.45) is 5.56. The highest BCUT2D eigenvalue weighted by Crippen LogP contribution is 2.47. The number of halogens is 1. The van der Waals surface area contributed by atoms with Crippen molar-refractivity contribution in [3.8, 4) is 17.0 Å². The van der Waals surface area contributed by atoms with E-state index in [-0.39, 0.29) is 23.9 Å². The molecule has 8 nitrogen and oxygen atoms in total. The van der Waals surface area contributed by atoms with Gasteiger partial charge in [-0.2, -0.15) is 0 Å². The molecule has 9 heteroatoms. The van der Waals surface area contributed by atoms with Gasteiger partial charge in [-0.25, -0.2) is 9.18 Å². The average Bonchev–Trinajstić information content (AvgIpc) is 3.29. The van der Waals surface area contributed by atoms with E-state index in [2.05, 4.69) is 9.55 Å². The molecule has 0 unspecified atom stereocenters. The summed E-state index contributed by atoms with van der Waals surface area (Å²) in [4.78, 5) is 33.2. The number of nitrogens with zero attached hydrogens (tertiary/aromatic N) is 4. The van der Waals surface area contributed by atoms with E-state index in [9.17, 15) is 14.7 Å². The number of pyridine rings is 1. The number of aromatic nitrogens is 2. The second-order valence-electron chi connectivity index (χ2n) is 11.9.